The fourth-order valence-electron chi connectivity index (χ4n) is 3.06. The van der Waals surface area contributed by atoms with Crippen molar-refractivity contribution in [1.29, 1.82) is 0 Å². The monoisotopic (exact) mass is 471 g/mol. The Kier molecular flexibility index (Phi) is 8.73. The number of halogens is 3. The molecule has 0 bridgehead atoms. The Morgan fingerprint density at radius 3 is 2.48 bits per heavy atom. The predicted octanol–water partition coefficient (Wildman–Crippen LogP) is 6.32. The summed E-state index contributed by atoms with van der Waals surface area (Å²) in [5, 5.41) is 1.55. The first-order chi connectivity index (χ1) is 13.4. The van der Waals surface area contributed by atoms with Crippen LogP contribution in [0.2, 0.25) is 10.0 Å². The van der Waals surface area contributed by atoms with Gasteiger partial charge >= 0.3 is 0 Å². The van der Waals surface area contributed by atoms with Gasteiger partial charge in [0.05, 0.1) is 20.8 Å². The molecule has 0 saturated heterocycles. The SMILES string of the molecule is CCN(CC)CCN(C(=O)c1cc(Cl)ccc1Cl)c1nc2c(C)cccc2s1.Cl. The summed E-state index contributed by atoms with van der Waals surface area (Å²) in [7, 11) is 0. The van der Waals surface area contributed by atoms with Crippen LogP contribution >= 0.6 is 46.9 Å². The zero-order valence-electron chi connectivity index (χ0n) is 16.6. The molecule has 1 aromatic heterocycles. The number of nitrogens with zero attached hydrogens (tertiary/aromatic N) is 3. The summed E-state index contributed by atoms with van der Waals surface area (Å²) in [4.78, 5) is 22.2. The number of likely N-dealkylation sites (N-methyl/N-ethyl adjacent to an activating group) is 1. The zero-order valence-corrected chi connectivity index (χ0v) is 19.8. The van der Waals surface area contributed by atoms with Gasteiger partial charge in [-0.1, -0.05) is 60.5 Å². The van der Waals surface area contributed by atoms with E-state index in [4.69, 9.17) is 28.2 Å². The molecule has 29 heavy (non-hydrogen) atoms. The Bertz CT molecular complexity index is 988. The molecular weight excluding hydrogens is 449 g/mol. The molecule has 3 rings (SSSR count). The number of amides is 1. The quantitative estimate of drug-likeness (QED) is 0.403. The van der Waals surface area contributed by atoms with Crippen LogP contribution in [0.25, 0.3) is 10.2 Å². The summed E-state index contributed by atoms with van der Waals surface area (Å²) in [5.74, 6) is -0.184. The first kappa shape index (κ1) is 23.9. The number of aryl methyl sites for hydroxylation is 1. The molecule has 156 valence electrons. The topological polar surface area (TPSA) is 36.4 Å². The van der Waals surface area contributed by atoms with Crippen molar-refractivity contribution in [2.75, 3.05) is 31.1 Å². The molecule has 0 aliphatic heterocycles. The number of anilines is 1. The van der Waals surface area contributed by atoms with Gasteiger partial charge in [-0.25, -0.2) is 4.98 Å². The smallest absolute Gasteiger partial charge is 0.261 e. The van der Waals surface area contributed by atoms with Gasteiger partial charge in [0.2, 0.25) is 0 Å². The van der Waals surface area contributed by atoms with E-state index in [0.29, 0.717) is 27.3 Å². The lowest BCUT2D eigenvalue weighted by atomic mass is 10.2. The molecule has 4 nitrogen and oxygen atoms in total. The number of para-hydroxylation sites is 1. The van der Waals surface area contributed by atoms with Crippen LogP contribution in [0.1, 0.15) is 29.8 Å². The van der Waals surface area contributed by atoms with Crippen molar-refractivity contribution < 1.29 is 4.79 Å². The van der Waals surface area contributed by atoms with Gasteiger partial charge in [-0.05, 0) is 49.8 Å². The molecule has 1 heterocycles. The molecule has 1 amide bonds. The molecule has 0 aliphatic carbocycles. The average molecular weight is 473 g/mol. The van der Waals surface area contributed by atoms with E-state index < -0.39 is 0 Å². The minimum atomic E-state index is -0.184. The van der Waals surface area contributed by atoms with Crippen LogP contribution in [0.4, 0.5) is 5.13 Å². The van der Waals surface area contributed by atoms with E-state index in [2.05, 4.69) is 18.7 Å². The number of thiazole rings is 1. The van der Waals surface area contributed by atoms with E-state index in [1.54, 1.807) is 23.1 Å². The maximum absolute atomic E-state index is 13.4. The second-order valence-electron chi connectivity index (χ2n) is 6.53. The molecule has 0 atom stereocenters. The van der Waals surface area contributed by atoms with E-state index >= 15 is 0 Å². The Morgan fingerprint density at radius 2 is 1.83 bits per heavy atom. The molecule has 0 radical (unpaired) electrons. The lowest BCUT2D eigenvalue weighted by Gasteiger charge is -2.25. The molecule has 3 aromatic rings. The highest BCUT2D eigenvalue weighted by atomic mass is 35.5. The molecule has 0 spiro atoms. The van der Waals surface area contributed by atoms with Crippen molar-refractivity contribution in [3.05, 3.63) is 57.6 Å². The van der Waals surface area contributed by atoms with Crippen molar-refractivity contribution in [1.82, 2.24) is 9.88 Å². The van der Waals surface area contributed by atoms with Crippen LogP contribution in [0, 0.1) is 6.92 Å². The number of carbonyl (C=O) groups is 1. The third kappa shape index (κ3) is 5.41. The summed E-state index contributed by atoms with van der Waals surface area (Å²) < 4.78 is 1.06. The Morgan fingerprint density at radius 1 is 1.10 bits per heavy atom. The van der Waals surface area contributed by atoms with Crippen molar-refractivity contribution in [2.24, 2.45) is 0 Å². The largest absolute Gasteiger partial charge is 0.302 e. The van der Waals surface area contributed by atoms with Gasteiger partial charge in [0, 0.05) is 18.1 Å². The summed E-state index contributed by atoms with van der Waals surface area (Å²) in [6, 6.07) is 11.0. The second-order valence-corrected chi connectivity index (χ2v) is 8.38. The normalized spacial score (nSPS) is 11.0. The van der Waals surface area contributed by atoms with E-state index in [9.17, 15) is 4.79 Å². The van der Waals surface area contributed by atoms with Gasteiger partial charge in [0.25, 0.3) is 5.91 Å². The molecule has 8 heteroatoms. The molecule has 0 fully saturated rings. The van der Waals surface area contributed by atoms with E-state index in [0.717, 1.165) is 35.4 Å². The summed E-state index contributed by atoms with van der Waals surface area (Å²) in [6.45, 7) is 9.40. The Balaban J connectivity index is 0.00000300. The van der Waals surface area contributed by atoms with Crippen LogP contribution in [0.3, 0.4) is 0 Å². The van der Waals surface area contributed by atoms with E-state index in [1.807, 2.05) is 25.1 Å². The third-order valence-corrected chi connectivity index (χ3v) is 6.39. The van der Waals surface area contributed by atoms with Crippen molar-refractivity contribution in [3.8, 4) is 0 Å². The molecule has 0 aliphatic rings. The van der Waals surface area contributed by atoms with Crippen LogP contribution in [0.5, 0.6) is 0 Å². The highest BCUT2D eigenvalue weighted by Gasteiger charge is 2.24. The molecule has 0 saturated carbocycles. The number of carbonyl (C=O) groups excluding carboxylic acids is 1. The minimum Gasteiger partial charge on any atom is -0.302 e. The summed E-state index contributed by atoms with van der Waals surface area (Å²) in [5.41, 5.74) is 2.42. The number of benzene rings is 2. The van der Waals surface area contributed by atoms with Gasteiger partial charge in [-0.3, -0.25) is 9.69 Å². The second kappa shape index (κ2) is 10.6. The third-order valence-electron chi connectivity index (χ3n) is 4.78. The zero-order chi connectivity index (χ0) is 20.3. The van der Waals surface area contributed by atoms with Crippen molar-refractivity contribution in [3.63, 3.8) is 0 Å². The average Bonchev–Trinajstić information content (AvgIpc) is 3.12. The number of aromatic nitrogens is 1. The highest BCUT2D eigenvalue weighted by Crippen LogP contribution is 2.32. The van der Waals surface area contributed by atoms with E-state index in [1.165, 1.54) is 11.3 Å². The molecule has 0 unspecified atom stereocenters. The number of rotatable bonds is 7. The minimum absolute atomic E-state index is 0. The summed E-state index contributed by atoms with van der Waals surface area (Å²) >= 11 is 13.9. The fourth-order valence-corrected chi connectivity index (χ4v) is 4.50. The standard InChI is InChI=1S/C21H23Cl2N3OS.ClH/c1-4-25(5-2)11-12-26(20(27)16-13-15(22)9-10-17(16)23)21-24-19-14(3)7-6-8-18(19)28-21;/h6-10,13H,4-5,11-12H2,1-3H3;1H. The van der Waals surface area contributed by atoms with Gasteiger partial charge < -0.3 is 4.90 Å². The van der Waals surface area contributed by atoms with Gasteiger partial charge in [0.1, 0.15) is 0 Å². The fraction of sp³-hybridized carbons (Fsp3) is 0.333. The van der Waals surface area contributed by atoms with Gasteiger partial charge in [-0.2, -0.15) is 0 Å². The van der Waals surface area contributed by atoms with E-state index in [-0.39, 0.29) is 18.3 Å². The van der Waals surface area contributed by atoms with Crippen molar-refractivity contribution >= 4 is 68.2 Å². The van der Waals surface area contributed by atoms with Crippen LogP contribution in [-0.4, -0.2) is 42.0 Å². The van der Waals surface area contributed by atoms with Gasteiger partial charge in [-0.15, -0.1) is 12.4 Å². The number of hydrogen-bond acceptors (Lipinski definition) is 4. The van der Waals surface area contributed by atoms with Crippen molar-refractivity contribution in [2.45, 2.75) is 20.8 Å². The number of hydrogen-bond donors (Lipinski definition) is 0. The Labute approximate surface area is 191 Å². The highest BCUT2D eigenvalue weighted by molar-refractivity contribution is 7.22. The van der Waals surface area contributed by atoms with Gasteiger partial charge in [0.15, 0.2) is 5.13 Å². The van der Waals surface area contributed by atoms with Crippen LogP contribution in [-0.2, 0) is 0 Å². The van der Waals surface area contributed by atoms with Crippen LogP contribution in [0.15, 0.2) is 36.4 Å². The van der Waals surface area contributed by atoms with Crippen LogP contribution < -0.4 is 4.90 Å². The maximum atomic E-state index is 13.4. The molecular formula is C21H24Cl3N3OS. The summed E-state index contributed by atoms with van der Waals surface area (Å²) in [6.07, 6.45) is 0. The Hall–Kier alpha value is -1.37. The molecule has 0 N–H and O–H groups in total. The maximum Gasteiger partial charge on any atom is 0.261 e. The lowest BCUT2D eigenvalue weighted by Crippen LogP contribution is -2.39. The number of fused-ring (bicyclic) bond motifs is 1. The first-order valence-corrected chi connectivity index (χ1v) is 10.9. The predicted molar refractivity (Wildman–Crippen MR) is 128 cm³/mol. The lowest BCUT2D eigenvalue weighted by molar-refractivity contribution is 0.0984. The first-order valence-electron chi connectivity index (χ1n) is 9.30. The molecule has 2 aromatic carbocycles.